The van der Waals surface area contributed by atoms with Crippen molar-refractivity contribution < 1.29 is 67.4 Å². The molecule has 1 aromatic heterocycles. The molecule has 20 nitrogen and oxygen atoms in total. The van der Waals surface area contributed by atoms with Gasteiger partial charge in [-0.05, 0) is 114 Å². The predicted molar refractivity (Wildman–Crippen MR) is 315 cm³/mol. The molecule has 3 saturated heterocycles. The van der Waals surface area contributed by atoms with E-state index >= 15 is 0 Å². The van der Waals surface area contributed by atoms with Crippen LogP contribution in [0.3, 0.4) is 0 Å². The van der Waals surface area contributed by atoms with Gasteiger partial charge in [-0.3, -0.25) is 19.2 Å². The smallest absolute Gasteiger partial charge is 0.410 e. The quantitative estimate of drug-likeness (QED) is 0.153. The number of amides is 2. The molecule has 2 bridgehead atoms. The Labute approximate surface area is 497 Å². The summed E-state index contributed by atoms with van der Waals surface area (Å²) in [6.45, 7) is 17.1. The molecule has 1 aliphatic carbocycles. The van der Waals surface area contributed by atoms with Crippen LogP contribution in [0.5, 0.6) is 0 Å². The van der Waals surface area contributed by atoms with Crippen molar-refractivity contribution in [3.63, 3.8) is 0 Å². The van der Waals surface area contributed by atoms with Gasteiger partial charge in [-0.1, -0.05) is 71.1 Å². The number of carbonyl (C=O) groups excluding carboxylic acids is 6. The number of esters is 1. The van der Waals surface area contributed by atoms with Crippen LogP contribution >= 0.6 is 0 Å². The SMILES string of the molecule is CO[C@H]1C[C@@H]2CC[C@@H](C)[C@@](O)(O2)C(=O)C(=O)N2CCCC[C@H]2C(=O)O[C@H]([C@H](C)C[C@@H]2CC[C@@H](OC(=O)N3CCc4nc(N5CCN(C)CC5)ncc4C3)[C@H](OC)C2)CC(=O)[C@H](C)/C=C(\C)[C@@H](O)[C@@H](OC)C(=O)C(C)C[C@H](C)/C=C/C=C/C=C/1C. The van der Waals surface area contributed by atoms with E-state index in [1.165, 1.54) is 12.0 Å². The second-order valence-corrected chi connectivity index (χ2v) is 25.0. The zero-order valence-corrected chi connectivity index (χ0v) is 51.7. The highest BCUT2D eigenvalue weighted by molar-refractivity contribution is 6.39. The van der Waals surface area contributed by atoms with Crippen LogP contribution < -0.4 is 4.90 Å². The number of anilines is 1. The first kappa shape index (κ1) is 66.3. The molecule has 0 radical (unpaired) electrons. The van der Waals surface area contributed by atoms with Crippen molar-refractivity contribution in [2.45, 2.75) is 193 Å². The van der Waals surface area contributed by atoms with Crippen LogP contribution in [0.25, 0.3) is 0 Å². The highest BCUT2D eigenvalue weighted by Gasteiger charge is 2.53. The summed E-state index contributed by atoms with van der Waals surface area (Å²) in [4.78, 5) is 103. The molecule has 2 amide bonds. The number of aliphatic hydroxyl groups is 2. The summed E-state index contributed by atoms with van der Waals surface area (Å²) in [5, 5.41) is 23.7. The summed E-state index contributed by atoms with van der Waals surface area (Å²) in [6, 6.07) is -1.19. The Balaban J connectivity index is 1.09. The minimum Gasteiger partial charge on any atom is -0.460 e. The standard InChI is InChI=1S/C64H96N6O14/c1-39-17-13-12-14-18-40(2)53(79-9)35-48-22-20-45(7)64(78,84-48)59(74)60(75)70-25-16-15-19-50(70)61(76)82-54(36-51(71)41(3)32-44(6)57(73)58(81-11)56(72)43(5)31-39)42(4)33-46-21-23-52(55(34-46)80-10)83-63(77)69-26-24-49-47(38-69)37-65-62(66-49)68-29-27-67(8)28-30-68/h12-14,17-18,32,37,39,41-43,45-46,48,50,52-55,57-58,73,78H,15-16,19-31,33-36,38H2,1-11H3/b14-12+,17-13+,40-18+,44-32+/t39-,41-,42-,43?,45-,46+,48+,50+,52-,53+,54+,55-,57-,58+,64-/m1/s1. The summed E-state index contributed by atoms with van der Waals surface area (Å²) in [7, 11) is 6.66. The highest BCUT2D eigenvalue weighted by Crippen LogP contribution is 2.39. The normalized spacial score (nSPS) is 36.0. The fourth-order valence-corrected chi connectivity index (χ4v) is 13.1. The third-order valence-corrected chi connectivity index (χ3v) is 18.7. The molecular weight excluding hydrogens is 1080 g/mol. The molecule has 1 saturated carbocycles. The van der Waals surface area contributed by atoms with Crippen molar-refractivity contribution in [2.75, 3.05) is 72.5 Å². The van der Waals surface area contributed by atoms with Gasteiger partial charge in [-0.15, -0.1) is 0 Å². The number of fused-ring (bicyclic) bond motifs is 4. The van der Waals surface area contributed by atoms with Crippen molar-refractivity contribution in [3.05, 3.63) is 65.1 Å². The Morgan fingerprint density at radius 1 is 0.845 bits per heavy atom. The summed E-state index contributed by atoms with van der Waals surface area (Å²) >= 11 is 0. The molecule has 0 spiro atoms. The van der Waals surface area contributed by atoms with Gasteiger partial charge >= 0.3 is 12.1 Å². The van der Waals surface area contributed by atoms with Gasteiger partial charge in [-0.2, -0.15) is 0 Å². The van der Waals surface area contributed by atoms with Crippen molar-refractivity contribution in [1.29, 1.82) is 0 Å². The molecule has 466 valence electrons. The van der Waals surface area contributed by atoms with Gasteiger partial charge in [0.2, 0.25) is 11.7 Å². The molecule has 5 aliphatic heterocycles. The van der Waals surface area contributed by atoms with E-state index in [1.807, 2.05) is 64.3 Å². The number of hydrogen-bond acceptors (Lipinski definition) is 18. The number of cyclic esters (lactones) is 1. The first-order chi connectivity index (χ1) is 40.0. The Kier molecular flexibility index (Phi) is 24.0. The second kappa shape index (κ2) is 30.4. The molecule has 1 unspecified atom stereocenters. The van der Waals surface area contributed by atoms with Gasteiger partial charge in [-0.25, -0.2) is 19.6 Å². The molecule has 0 aromatic carbocycles. The monoisotopic (exact) mass is 1170 g/mol. The lowest BCUT2D eigenvalue weighted by Gasteiger charge is -2.42. The lowest BCUT2D eigenvalue weighted by Crippen LogP contribution is -2.61. The molecule has 20 heteroatoms. The number of allylic oxidation sites excluding steroid dienone is 6. The van der Waals surface area contributed by atoms with Crippen molar-refractivity contribution in [1.82, 2.24) is 24.7 Å². The maximum atomic E-state index is 14.7. The zero-order valence-electron chi connectivity index (χ0n) is 51.7. The number of Topliss-reactive ketones (excluding diaryl/α,β-unsaturated/α-hetero) is 3. The Morgan fingerprint density at radius 3 is 2.31 bits per heavy atom. The summed E-state index contributed by atoms with van der Waals surface area (Å²) in [6.07, 6.45) is 12.5. The first-order valence-corrected chi connectivity index (χ1v) is 30.8. The van der Waals surface area contributed by atoms with Gasteiger partial charge < -0.3 is 58.2 Å². The van der Waals surface area contributed by atoms with Crippen LogP contribution in [-0.2, 0) is 65.4 Å². The Bertz CT molecular complexity index is 2580. The van der Waals surface area contributed by atoms with Crippen molar-refractivity contribution >= 4 is 41.3 Å². The van der Waals surface area contributed by atoms with Gasteiger partial charge in [0, 0.05) is 109 Å². The van der Waals surface area contributed by atoms with Crippen molar-refractivity contribution in [2.24, 2.45) is 35.5 Å². The predicted octanol–water partition coefficient (Wildman–Crippen LogP) is 6.93. The number of aliphatic hydroxyl groups excluding tert-OH is 1. The van der Waals surface area contributed by atoms with Crippen LogP contribution in [-0.4, -0.2) is 192 Å². The Morgan fingerprint density at radius 2 is 1.60 bits per heavy atom. The molecule has 15 atom stereocenters. The number of ketones is 3. The van der Waals surface area contributed by atoms with Crippen LogP contribution in [0.4, 0.5) is 10.7 Å². The first-order valence-electron chi connectivity index (χ1n) is 30.8. The zero-order chi connectivity index (χ0) is 61.0. The van der Waals surface area contributed by atoms with E-state index < -0.39 is 102 Å². The molecule has 84 heavy (non-hydrogen) atoms. The van der Waals surface area contributed by atoms with E-state index in [-0.39, 0.29) is 42.8 Å². The highest BCUT2D eigenvalue weighted by atomic mass is 16.6. The molecular formula is C64H96N6O14. The van der Waals surface area contributed by atoms with Crippen LogP contribution in [0, 0.1) is 35.5 Å². The lowest BCUT2D eigenvalue weighted by atomic mass is 9.78. The van der Waals surface area contributed by atoms with Crippen LogP contribution in [0.15, 0.2) is 53.8 Å². The topological polar surface area (TPSA) is 237 Å². The number of piperidine rings is 1. The number of nitrogens with zero attached hydrogens (tertiary/aromatic N) is 6. The third kappa shape index (κ3) is 16.6. The largest absolute Gasteiger partial charge is 0.460 e. The minimum atomic E-state index is -2.46. The Hall–Kier alpha value is -5.22. The summed E-state index contributed by atoms with van der Waals surface area (Å²) < 4.78 is 36.3. The van der Waals surface area contributed by atoms with Crippen LogP contribution in [0.2, 0.25) is 0 Å². The number of likely N-dealkylation sites (N-methyl/N-ethyl adjacent to an activating group) is 1. The maximum absolute atomic E-state index is 14.7. The van der Waals surface area contributed by atoms with Gasteiger partial charge in [0.1, 0.15) is 36.2 Å². The maximum Gasteiger partial charge on any atom is 0.410 e. The van der Waals surface area contributed by atoms with E-state index in [1.54, 1.807) is 46.0 Å². The van der Waals surface area contributed by atoms with E-state index in [4.69, 9.17) is 33.4 Å². The fraction of sp³-hybridized carbons (Fsp3) is 0.719. The molecule has 6 aliphatic rings. The van der Waals surface area contributed by atoms with Gasteiger partial charge in [0.15, 0.2) is 5.78 Å². The van der Waals surface area contributed by atoms with E-state index in [2.05, 4.69) is 21.8 Å². The number of piperazine rings is 1. The lowest BCUT2D eigenvalue weighted by molar-refractivity contribution is -0.265. The number of carbonyl (C=O) groups is 6. The number of rotatable bonds is 8. The molecule has 4 fully saturated rings. The van der Waals surface area contributed by atoms with Gasteiger partial charge in [0.05, 0.1) is 30.6 Å². The van der Waals surface area contributed by atoms with Crippen molar-refractivity contribution in [3.8, 4) is 0 Å². The number of aromatic nitrogens is 2. The van der Waals surface area contributed by atoms with E-state index in [0.717, 1.165) is 49.0 Å². The minimum absolute atomic E-state index is 0.00133. The average molecular weight is 1170 g/mol. The number of hydrogen-bond donors (Lipinski definition) is 2. The average Bonchev–Trinajstić information content (AvgIpc) is 3.41. The number of methoxy groups -OCH3 is 3. The second-order valence-electron chi connectivity index (χ2n) is 25.0. The van der Waals surface area contributed by atoms with E-state index in [0.29, 0.717) is 89.3 Å². The molecule has 2 N–H and O–H groups in total. The third-order valence-electron chi connectivity index (χ3n) is 18.7. The van der Waals surface area contributed by atoms with E-state index in [9.17, 15) is 39.0 Å². The number of ether oxygens (including phenoxy) is 6. The van der Waals surface area contributed by atoms with Gasteiger partial charge in [0.25, 0.3) is 11.7 Å². The molecule has 6 heterocycles. The van der Waals surface area contributed by atoms with Crippen LogP contribution in [0.1, 0.15) is 137 Å². The fourth-order valence-electron chi connectivity index (χ4n) is 13.1. The summed E-state index contributed by atoms with van der Waals surface area (Å²) in [5.41, 5.74) is 3.08. The molecule has 7 rings (SSSR count). The molecule has 1 aromatic rings. The summed E-state index contributed by atoms with van der Waals surface area (Å²) in [5.74, 6) is -7.66.